The summed E-state index contributed by atoms with van der Waals surface area (Å²) in [7, 11) is 0. The topological polar surface area (TPSA) is 106 Å². The summed E-state index contributed by atoms with van der Waals surface area (Å²) in [5.74, 6) is -4.23. The molecule has 0 aromatic heterocycles. The molecule has 1 amide bonds. The maximum Gasteiger partial charge on any atom is 0.280 e. The van der Waals surface area contributed by atoms with E-state index in [1.807, 2.05) is 0 Å². The smallest absolute Gasteiger partial charge is 0.280 e. The molecule has 3 rings (SSSR count). The molecule has 3 aromatic carbocycles. The van der Waals surface area contributed by atoms with Gasteiger partial charge in [-0.15, -0.1) is 0 Å². The summed E-state index contributed by atoms with van der Waals surface area (Å²) >= 11 is 6.06. The van der Waals surface area contributed by atoms with Crippen molar-refractivity contribution in [2.75, 3.05) is 0 Å². The first kappa shape index (κ1) is 27.1. The van der Waals surface area contributed by atoms with Gasteiger partial charge < -0.3 is 22.1 Å². The highest BCUT2D eigenvalue weighted by molar-refractivity contribution is 6.31. The van der Waals surface area contributed by atoms with Crippen LogP contribution in [0.15, 0.2) is 59.6 Å². The molecule has 36 heavy (non-hydrogen) atoms. The minimum absolute atomic E-state index is 0.0257. The van der Waals surface area contributed by atoms with Crippen LogP contribution in [0.3, 0.4) is 0 Å². The molecule has 0 spiro atoms. The molecule has 2 atom stereocenters. The highest BCUT2D eigenvalue weighted by atomic mass is 35.5. The lowest BCUT2D eigenvalue weighted by Crippen LogP contribution is -2.49. The number of halogens is 5. The number of guanidine groups is 1. The van der Waals surface area contributed by atoms with Gasteiger partial charge in [0.15, 0.2) is 11.6 Å². The van der Waals surface area contributed by atoms with E-state index in [0.29, 0.717) is 16.7 Å². The average molecular weight is 522 g/mol. The number of nitrogens with zero attached hydrogens (tertiary/aromatic N) is 1. The Bertz CT molecular complexity index is 1290. The summed E-state index contributed by atoms with van der Waals surface area (Å²) < 4.78 is 54.1. The number of rotatable bonds is 7. The fourth-order valence-corrected chi connectivity index (χ4v) is 3.48. The van der Waals surface area contributed by atoms with Crippen LogP contribution in [0.1, 0.15) is 39.5 Å². The number of hydrogen-bond acceptors (Lipinski definition) is 3. The van der Waals surface area contributed by atoms with Crippen LogP contribution >= 0.6 is 11.6 Å². The van der Waals surface area contributed by atoms with Gasteiger partial charge in [-0.1, -0.05) is 29.8 Å². The number of aliphatic imine (C=N–C) groups is 1. The standard InChI is InChI=1S/C25H24ClF4N5O/c1-13-2-3-14(8-20(13)29)22(31)11-23(32)34-25(33-12-16-4-6-17(27)10-18(16)26)35-24(36)15-5-7-19(28)21(30)9-15/h2-10,22-23H,11-12,31-32H2,1H3,(H2,33,34,35,36). The second-order valence-corrected chi connectivity index (χ2v) is 8.49. The highest BCUT2D eigenvalue weighted by Gasteiger charge is 2.17. The van der Waals surface area contributed by atoms with Gasteiger partial charge in [0.1, 0.15) is 11.6 Å². The first-order chi connectivity index (χ1) is 17.0. The van der Waals surface area contributed by atoms with Gasteiger partial charge in [0.25, 0.3) is 5.91 Å². The van der Waals surface area contributed by atoms with Crippen molar-refractivity contribution in [3.05, 3.63) is 105 Å². The van der Waals surface area contributed by atoms with E-state index in [1.54, 1.807) is 19.1 Å². The average Bonchev–Trinajstić information content (AvgIpc) is 2.81. The zero-order valence-electron chi connectivity index (χ0n) is 19.2. The molecule has 0 aliphatic carbocycles. The Morgan fingerprint density at radius 2 is 1.72 bits per heavy atom. The fraction of sp³-hybridized carbons (Fsp3) is 0.200. The number of benzene rings is 3. The third-order valence-corrected chi connectivity index (χ3v) is 5.65. The summed E-state index contributed by atoms with van der Waals surface area (Å²) in [6.07, 6.45) is -0.725. The van der Waals surface area contributed by atoms with E-state index >= 15 is 0 Å². The van der Waals surface area contributed by atoms with Crippen LogP contribution in [0, 0.1) is 30.2 Å². The van der Waals surface area contributed by atoms with Crippen LogP contribution in [-0.2, 0) is 6.54 Å². The molecule has 6 N–H and O–H groups in total. The number of carbonyl (C=O) groups excluding carboxylic acids is 1. The number of hydrogen-bond donors (Lipinski definition) is 4. The summed E-state index contributed by atoms with van der Waals surface area (Å²) in [4.78, 5) is 16.5. The van der Waals surface area contributed by atoms with Crippen molar-refractivity contribution >= 4 is 23.5 Å². The molecule has 2 unspecified atom stereocenters. The molecule has 0 aliphatic heterocycles. The van der Waals surface area contributed by atoms with Crippen molar-refractivity contribution in [3.8, 4) is 0 Å². The lowest BCUT2D eigenvalue weighted by molar-refractivity contribution is 0.100. The zero-order chi connectivity index (χ0) is 26.4. The Kier molecular flexibility index (Phi) is 9.03. The van der Waals surface area contributed by atoms with E-state index in [0.717, 1.165) is 24.3 Å². The van der Waals surface area contributed by atoms with Gasteiger partial charge in [-0.25, -0.2) is 17.6 Å². The third kappa shape index (κ3) is 7.27. The number of amides is 1. The number of aryl methyl sites for hydroxylation is 1. The summed E-state index contributed by atoms with van der Waals surface area (Å²) in [5.41, 5.74) is 13.6. The van der Waals surface area contributed by atoms with Gasteiger partial charge in [0.2, 0.25) is 5.96 Å². The molecule has 0 saturated carbocycles. The van der Waals surface area contributed by atoms with E-state index in [1.165, 1.54) is 18.2 Å². The molecule has 3 aromatic rings. The molecule has 190 valence electrons. The van der Waals surface area contributed by atoms with Crippen molar-refractivity contribution in [1.82, 2.24) is 10.6 Å². The minimum atomic E-state index is -1.20. The van der Waals surface area contributed by atoms with Gasteiger partial charge in [-0.05, 0) is 66.4 Å². The van der Waals surface area contributed by atoms with E-state index in [-0.39, 0.29) is 29.5 Å². The van der Waals surface area contributed by atoms with Crippen LogP contribution in [0.2, 0.25) is 5.02 Å². The molecular weight excluding hydrogens is 498 g/mol. The monoisotopic (exact) mass is 521 g/mol. The van der Waals surface area contributed by atoms with Gasteiger partial charge in [-0.2, -0.15) is 4.99 Å². The third-order valence-electron chi connectivity index (χ3n) is 5.30. The van der Waals surface area contributed by atoms with Crippen LogP contribution in [0.4, 0.5) is 17.6 Å². The maximum atomic E-state index is 13.9. The van der Waals surface area contributed by atoms with Crippen LogP contribution in [0.5, 0.6) is 0 Å². The van der Waals surface area contributed by atoms with Gasteiger partial charge in [-0.3, -0.25) is 4.79 Å². The first-order valence-electron chi connectivity index (χ1n) is 10.8. The van der Waals surface area contributed by atoms with Gasteiger partial charge in [0.05, 0.1) is 6.17 Å². The molecule has 0 saturated heterocycles. The minimum Gasteiger partial charge on any atom is -0.352 e. The van der Waals surface area contributed by atoms with E-state index in [9.17, 15) is 22.4 Å². The molecule has 11 heteroatoms. The second kappa shape index (κ2) is 12.0. The predicted octanol–water partition coefficient (Wildman–Crippen LogP) is 4.46. The second-order valence-electron chi connectivity index (χ2n) is 8.09. The van der Waals surface area contributed by atoms with Crippen molar-refractivity contribution < 1.29 is 22.4 Å². The Labute approximate surface area is 210 Å². The number of carbonyl (C=O) groups is 1. The molecule has 0 heterocycles. The van der Waals surface area contributed by atoms with Crippen molar-refractivity contribution in [2.45, 2.75) is 32.1 Å². The van der Waals surface area contributed by atoms with Crippen molar-refractivity contribution in [2.24, 2.45) is 16.5 Å². The van der Waals surface area contributed by atoms with Crippen LogP contribution < -0.4 is 22.1 Å². The highest BCUT2D eigenvalue weighted by Crippen LogP contribution is 2.19. The Morgan fingerprint density at radius 3 is 2.39 bits per heavy atom. The SMILES string of the molecule is Cc1ccc(C(N)CC(N)N/C(=N\C(=O)c2ccc(F)c(F)c2)NCc2ccc(F)cc2Cl)cc1F. The van der Waals surface area contributed by atoms with Crippen molar-refractivity contribution in [3.63, 3.8) is 0 Å². The largest absolute Gasteiger partial charge is 0.352 e. The van der Waals surface area contributed by atoms with E-state index in [4.69, 9.17) is 23.1 Å². The molecule has 0 fully saturated rings. The van der Waals surface area contributed by atoms with Crippen LogP contribution in [0.25, 0.3) is 0 Å². The lowest BCUT2D eigenvalue weighted by Gasteiger charge is -2.22. The zero-order valence-corrected chi connectivity index (χ0v) is 19.9. The van der Waals surface area contributed by atoms with Crippen LogP contribution in [-0.4, -0.2) is 18.0 Å². The predicted molar refractivity (Wildman–Crippen MR) is 130 cm³/mol. The van der Waals surface area contributed by atoms with Crippen molar-refractivity contribution in [1.29, 1.82) is 0 Å². The molecule has 0 bridgehead atoms. The molecule has 6 nitrogen and oxygen atoms in total. The lowest BCUT2D eigenvalue weighted by atomic mass is 10.0. The number of nitrogens with two attached hydrogens (primary N) is 2. The molecular formula is C25H24ClF4N5O. The quantitative estimate of drug-likeness (QED) is 0.159. The summed E-state index contributed by atoms with van der Waals surface area (Å²) in [6, 6.07) is 10.4. The fourth-order valence-electron chi connectivity index (χ4n) is 3.25. The van der Waals surface area contributed by atoms with Gasteiger partial charge >= 0.3 is 0 Å². The summed E-state index contributed by atoms with van der Waals surface area (Å²) in [6.45, 7) is 1.65. The van der Waals surface area contributed by atoms with E-state index in [2.05, 4.69) is 15.6 Å². The maximum absolute atomic E-state index is 13.9. The Morgan fingerprint density at radius 1 is 0.972 bits per heavy atom. The summed E-state index contributed by atoms with van der Waals surface area (Å²) in [5, 5.41) is 5.79. The normalized spacial score (nSPS) is 13.3. The molecule has 0 radical (unpaired) electrons. The van der Waals surface area contributed by atoms with Gasteiger partial charge in [0, 0.05) is 23.2 Å². The molecule has 0 aliphatic rings. The van der Waals surface area contributed by atoms with E-state index < -0.39 is 41.4 Å². The number of nitrogens with one attached hydrogen (secondary N) is 2. The Balaban J connectivity index is 1.78. The first-order valence-corrected chi connectivity index (χ1v) is 11.2. The Hall–Kier alpha value is -3.47.